The van der Waals surface area contributed by atoms with E-state index in [0.29, 0.717) is 32.1 Å². The first-order valence-corrected chi connectivity index (χ1v) is 12.4. The molecular formula is C26H30ClN5O2. The fraction of sp³-hybridized carbons (Fsp3) is 0.423. The number of amides is 1. The highest BCUT2D eigenvalue weighted by Gasteiger charge is 2.33. The van der Waals surface area contributed by atoms with Crippen LogP contribution < -0.4 is 14.5 Å². The Labute approximate surface area is 205 Å². The Kier molecular flexibility index (Phi) is 6.72. The van der Waals surface area contributed by atoms with Crippen molar-refractivity contribution in [2.75, 3.05) is 55.7 Å². The Morgan fingerprint density at radius 2 is 1.68 bits per heavy atom. The standard InChI is InChI=1S/C26H30ClN5O2/c1-2-34-25-24(28-21-10-4-5-11-22(21)29-25)32-13-7-8-19(18-32)26(33)31-16-14-30(15-17-31)23-12-6-3-9-20(23)27/h3-6,9-12,19H,2,7-8,13-18H2,1H3/t19-/m0/s1. The first kappa shape index (κ1) is 22.7. The van der Waals surface area contributed by atoms with Gasteiger partial charge in [-0.3, -0.25) is 4.79 Å². The van der Waals surface area contributed by atoms with E-state index in [1.54, 1.807) is 0 Å². The molecule has 0 bridgehead atoms. The number of benzene rings is 2. The van der Waals surface area contributed by atoms with E-state index in [1.807, 2.05) is 60.4 Å². The molecule has 8 heteroatoms. The van der Waals surface area contributed by atoms with Crippen LogP contribution in [0.5, 0.6) is 5.88 Å². The summed E-state index contributed by atoms with van der Waals surface area (Å²) in [7, 11) is 0. The molecule has 0 unspecified atom stereocenters. The molecule has 0 saturated carbocycles. The van der Waals surface area contributed by atoms with Crippen LogP contribution in [0.4, 0.5) is 11.5 Å². The van der Waals surface area contributed by atoms with Crippen molar-refractivity contribution < 1.29 is 9.53 Å². The van der Waals surface area contributed by atoms with Gasteiger partial charge in [-0.25, -0.2) is 9.97 Å². The molecule has 0 N–H and O–H groups in total. The molecule has 1 atom stereocenters. The lowest BCUT2D eigenvalue weighted by atomic mass is 9.96. The highest BCUT2D eigenvalue weighted by Crippen LogP contribution is 2.32. The molecule has 2 fully saturated rings. The maximum atomic E-state index is 13.5. The van der Waals surface area contributed by atoms with E-state index in [-0.39, 0.29) is 11.8 Å². The van der Waals surface area contributed by atoms with Crippen molar-refractivity contribution in [3.05, 3.63) is 53.6 Å². The molecule has 2 aromatic carbocycles. The Morgan fingerprint density at radius 1 is 0.971 bits per heavy atom. The fourth-order valence-corrected chi connectivity index (χ4v) is 5.17. The van der Waals surface area contributed by atoms with Crippen molar-refractivity contribution in [3.63, 3.8) is 0 Å². The Morgan fingerprint density at radius 3 is 2.41 bits per heavy atom. The fourth-order valence-electron chi connectivity index (χ4n) is 4.92. The van der Waals surface area contributed by atoms with Gasteiger partial charge in [-0.2, -0.15) is 0 Å². The number of piperidine rings is 1. The number of nitrogens with zero attached hydrogens (tertiary/aromatic N) is 5. The van der Waals surface area contributed by atoms with Crippen molar-refractivity contribution in [3.8, 4) is 5.88 Å². The maximum Gasteiger partial charge on any atom is 0.258 e. The molecule has 5 rings (SSSR count). The lowest BCUT2D eigenvalue weighted by Gasteiger charge is -2.40. The summed E-state index contributed by atoms with van der Waals surface area (Å²) in [6.07, 6.45) is 1.83. The number of para-hydroxylation sites is 3. The summed E-state index contributed by atoms with van der Waals surface area (Å²) in [5.74, 6) is 1.46. The molecule has 7 nitrogen and oxygen atoms in total. The highest BCUT2D eigenvalue weighted by atomic mass is 35.5. The summed E-state index contributed by atoms with van der Waals surface area (Å²) >= 11 is 6.38. The van der Waals surface area contributed by atoms with Gasteiger partial charge >= 0.3 is 0 Å². The molecule has 1 amide bonds. The van der Waals surface area contributed by atoms with Crippen LogP contribution in [0.15, 0.2) is 48.5 Å². The topological polar surface area (TPSA) is 61.8 Å². The van der Waals surface area contributed by atoms with Crippen LogP contribution in [0.1, 0.15) is 19.8 Å². The molecule has 2 aliphatic heterocycles. The van der Waals surface area contributed by atoms with Crippen molar-refractivity contribution in [2.24, 2.45) is 5.92 Å². The van der Waals surface area contributed by atoms with Gasteiger partial charge in [-0.1, -0.05) is 35.9 Å². The zero-order valence-electron chi connectivity index (χ0n) is 19.5. The average molecular weight is 480 g/mol. The van der Waals surface area contributed by atoms with E-state index in [1.165, 1.54) is 0 Å². The number of hydrogen-bond acceptors (Lipinski definition) is 6. The summed E-state index contributed by atoms with van der Waals surface area (Å²) < 4.78 is 5.85. The first-order valence-electron chi connectivity index (χ1n) is 12.1. The van der Waals surface area contributed by atoms with Crippen molar-refractivity contribution in [2.45, 2.75) is 19.8 Å². The van der Waals surface area contributed by atoms with Gasteiger partial charge in [0, 0.05) is 39.3 Å². The molecule has 3 heterocycles. The third-order valence-electron chi connectivity index (χ3n) is 6.66. The van der Waals surface area contributed by atoms with Gasteiger partial charge in [0.2, 0.25) is 5.91 Å². The van der Waals surface area contributed by atoms with Crippen LogP contribution in [0.2, 0.25) is 5.02 Å². The lowest BCUT2D eigenvalue weighted by molar-refractivity contribution is -0.136. The van der Waals surface area contributed by atoms with Gasteiger partial charge in [0.15, 0.2) is 5.82 Å². The zero-order valence-corrected chi connectivity index (χ0v) is 20.2. The second kappa shape index (κ2) is 10.1. The molecule has 2 saturated heterocycles. The quantitative estimate of drug-likeness (QED) is 0.545. The number of fused-ring (bicyclic) bond motifs is 1. The van der Waals surface area contributed by atoms with Gasteiger partial charge in [0.1, 0.15) is 0 Å². The van der Waals surface area contributed by atoms with Crippen molar-refractivity contribution in [1.82, 2.24) is 14.9 Å². The van der Waals surface area contributed by atoms with Crippen LogP contribution in [0, 0.1) is 5.92 Å². The number of piperazine rings is 1. The normalized spacial score (nSPS) is 18.9. The Bertz CT molecular complexity index is 1160. The molecule has 3 aromatic rings. The van der Waals surface area contributed by atoms with Crippen molar-refractivity contribution in [1.29, 1.82) is 0 Å². The molecule has 0 radical (unpaired) electrons. The van der Waals surface area contributed by atoms with Crippen LogP contribution >= 0.6 is 11.6 Å². The molecular weight excluding hydrogens is 450 g/mol. The lowest BCUT2D eigenvalue weighted by Crippen LogP contribution is -2.52. The van der Waals surface area contributed by atoms with Crippen LogP contribution in [-0.4, -0.2) is 66.7 Å². The van der Waals surface area contributed by atoms with Gasteiger partial charge < -0.3 is 19.4 Å². The third kappa shape index (κ3) is 4.62. The number of carbonyl (C=O) groups excluding carboxylic acids is 1. The number of rotatable bonds is 5. The van der Waals surface area contributed by atoms with Gasteiger partial charge in [-0.05, 0) is 44.0 Å². The minimum absolute atomic E-state index is 0.0524. The molecule has 2 aliphatic rings. The smallest absolute Gasteiger partial charge is 0.258 e. The SMILES string of the molecule is CCOc1nc2ccccc2nc1N1CCC[C@H](C(=O)N2CCN(c3ccccc3Cl)CC2)C1. The van der Waals surface area contributed by atoms with Crippen LogP contribution in [0.25, 0.3) is 11.0 Å². The van der Waals surface area contributed by atoms with Gasteiger partial charge in [-0.15, -0.1) is 0 Å². The molecule has 1 aromatic heterocycles. The maximum absolute atomic E-state index is 13.5. The highest BCUT2D eigenvalue weighted by molar-refractivity contribution is 6.33. The average Bonchev–Trinajstić information content (AvgIpc) is 2.88. The largest absolute Gasteiger partial charge is 0.475 e. The number of anilines is 2. The van der Waals surface area contributed by atoms with Gasteiger partial charge in [0.25, 0.3) is 5.88 Å². The van der Waals surface area contributed by atoms with Crippen LogP contribution in [0.3, 0.4) is 0 Å². The second-order valence-electron chi connectivity index (χ2n) is 8.82. The van der Waals surface area contributed by atoms with Gasteiger partial charge in [0.05, 0.1) is 34.3 Å². The second-order valence-corrected chi connectivity index (χ2v) is 9.23. The summed E-state index contributed by atoms with van der Waals surface area (Å²) in [6.45, 7) is 6.94. The summed E-state index contributed by atoms with van der Waals surface area (Å²) in [5.41, 5.74) is 2.69. The Hall–Kier alpha value is -3.06. The molecule has 34 heavy (non-hydrogen) atoms. The summed E-state index contributed by atoms with van der Waals surface area (Å²) in [4.78, 5) is 29.5. The van der Waals surface area contributed by atoms with E-state index < -0.39 is 0 Å². The first-order chi connectivity index (χ1) is 16.6. The monoisotopic (exact) mass is 479 g/mol. The number of aromatic nitrogens is 2. The third-order valence-corrected chi connectivity index (χ3v) is 6.98. The zero-order chi connectivity index (χ0) is 23.5. The number of hydrogen-bond donors (Lipinski definition) is 0. The number of ether oxygens (including phenoxy) is 1. The summed E-state index contributed by atoms with van der Waals surface area (Å²) in [6, 6.07) is 15.7. The van der Waals surface area contributed by atoms with Crippen molar-refractivity contribution >= 4 is 40.0 Å². The predicted molar refractivity (Wildman–Crippen MR) is 136 cm³/mol. The molecule has 0 spiro atoms. The molecule has 0 aliphatic carbocycles. The number of carbonyl (C=O) groups is 1. The van der Waals surface area contributed by atoms with E-state index in [2.05, 4.69) is 9.80 Å². The van der Waals surface area contributed by atoms with E-state index in [9.17, 15) is 4.79 Å². The number of halogens is 1. The Balaban J connectivity index is 1.28. The minimum atomic E-state index is -0.0524. The van der Waals surface area contributed by atoms with E-state index in [0.717, 1.165) is 60.0 Å². The molecule has 178 valence electrons. The summed E-state index contributed by atoms with van der Waals surface area (Å²) in [5, 5.41) is 0.756. The minimum Gasteiger partial charge on any atom is -0.475 e. The van der Waals surface area contributed by atoms with E-state index >= 15 is 0 Å². The predicted octanol–water partition coefficient (Wildman–Crippen LogP) is 4.25. The van der Waals surface area contributed by atoms with Crippen LogP contribution in [-0.2, 0) is 4.79 Å². The van der Waals surface area contributed by atoms with E-state index in [4.69, 9.17) is 26.3 Å².